The number of thioether (sulfide) groups is 1. The molecule has 0 spiro atoms. The molecule has 62 valence electrons. The Morgan fingerprint density at radius 2 is 2.55 bits per heavy atom. The first kappa shape index (κ1) is 8.96. The van der Waals surface area contributed by atoms with Gasteiger partial charge in [-0.3, -0.25) is 0 Å². The van der Waals surface area contributed by atoms with Crippen molar-refractivity contribution in [3.8, 4) is 12.3 Å². The quantitative estimate of drug-likeness (QED) is 0.634. The molecule has 0 saturated carbocycles. The third-order valence-corrected chi connectivity index (χ3v) is 3.78. The number of hydrogen-bond donors (Lipinski definition) is 1. The molecule has 0 aromatic heterocycles. The van der Waals surface area contributed by atoms with Crippen LogP contribution >= 0.6 is 11.8 Å². The molecule has 2 heteroatoms. The fourth-order valence-corrected chi connectivity index (χ4v) is 2.88. The molecule has 0 amide bonds. The summed E-state index contributed by atoms with van der Waals surface area (Å²) in [4.78, 5) is 0. The summed E-state index contributed by atoms with van der Waals surface area (Å²) in [6.07, 6.45) is 6.60. The SMILES string of the molecule is C#CCCC1(O)CSCC1C. The summed E-state index contributed by atoms with van der Waals surface area (Å²) in [5, 5.41) is 9.97. The monoisotopic (exact) mass is 170 g/mol. The van der Waals surface area contributed by atoms with Gasteiger partial charge in [-0.2, -0.15) is 11.8 Å². The molecule has 0 aliphatic carbocycles. The molecule has 2 unspecified atom stereocenters. The van der Waals surface area contributed by atoms with Gasteiger partial charge in [0.05, 0.1) is 5.60 Å². The molecule has 1 fully saturated rings. The van der Waals surface area contributed by atoms with Gasteiger partial charge in [0.25, 0.3) is 0 Å². The Morgan fingerprint density at radius 1 is 1.82 bits per heavy atom. The van der Waals surface area contributed by atoms with E-state index in [9.17, 15) is 5.11 Å². The second-order valence-corrected chi connectivity index (χ2v) is 4.25. The Kier molecular flexibility index (Phi) is 2.86. The third-order valence-electron chi connectivity index (χ3n) is 2.34. The van der Waals surface area contributed by atoms with Crippen LogP contribution in [-0.2, 0) is 0 Å². The molecule has 0 aromatic rings. The molecular weight excluding hydrogens is 156 g/mol. The third kappa shape index (κ3) is 1.91. The highest BCUT2D eigenvalue weighted by Crippen LogP contribution is 2.36. The minimum absolute atomic E-state index is 0.404. The first-order valence-electron chi connectivity index (χ1n) is 3.92. The Hall–Kier alpha value is -0.130. The lowest BCUT2D eigenvalue weighted by atomic mass is 9.88. The second kappa shape index (κ2) is 3.51. The topological polar surface area (TPSA) is 20.2 Å². The van der Waals surface area contributed by atoms with Crippen LogP contribution in [0.2, 0.25) is 0 Å². The number of hydrogen-bond acceptors (Lipinski definition) is 2. The zero-order chi connectivity index (χ0) is 8.32. The fourth-order valence-electron chi connectivity index (χ4n) is 1.32. The average molecular weight is 170 g/mol. The van der Waals surface area contributed by atoms with Gasteiger partial charge in [-0.05, 0) is 18.1 Å². The molecule has 1 heterocycles. The smallest absolute Gasteiger partial charge is 0.0780 e. The highest BCUT2D eigenvalue weighted by Gasteiger charge is 2.37. The molecule has 1 rings (SSSR count). The van der Waals surface area contributed by atoms with Crippen molar-refractivity contribution in [2.45, 2.75) is 25.4 Å². The van der Waals surface area contributed by atoms with Crippen molar-refractivity contribution in [1.82, 2.24) is 0 Å². The molecule has 0 bridgehead atoms. The van der Waals surface area contributed by atoms with Crippen molar-refractivity contribution in [1.29, 1.82) is 0 Å². The maximum atomic E-state index is 9.97. The van der Waals surface area contributed by atoms with Gasteiger partial charge in [-0.25, -0.2) is 0 Å². The van der Waals surface area contributed by atoms with Crippen LogP contribution in [0.4, 0.5) is 0 Å². The molecule has 1 aliphatic heterocycles. The summed E-state index contributed by atoms with van der Waals surface area (Å²) in [7, 11) is 0. The van der Waals surface area contributed by atoms with Crippen molar-refractivity contribution in [3.63, 3.8) is 0 Å². The van der Waals surface area contributed by atoms with Crippen LogP contribution in [0.25, 0.3) is 0 Å². The van der Waals surface area contributed by atoms with Crippen molar-refractivity contribution in [3.05, 3.63) is 0 Å². The van der Waals surface area contributed by atoms with Gasteiger partial charge >= 0.3 is 0 Å². The summed E-state index contributed by atoms with van der Waals surface area (Å²) in [5.41, 5.74) is -0.475. The fraction of sp³-hybridized carbons (Fsp3) is 0.778. The summed E-state index contributed by atoms with van der Waals surface area (Å²) >= 11 is 1.82. The predicted molar refractivity (Wildman–Crippen MR) is 49.5 cm³/mol. The minimum Gasteiger partial charge on any atom is -0.389 e. The largest absolute Gasteiger partial charge is 0.389 e. The molecule has 1 nitrogen and oxygen atoms in total. The summed E-state index contributed by atoms with van der Waals surface area (Å²) in [6, 6.07) is 0. The van der Waals surface area contributed by atoms with Crippen LogP contribution in [0.15, 0.2) is 0 Å². The molecule has 2 atom stereocenters. The number of terminal acetylenes is 1. The van der Waals surface area contributed by atoms with Crippen molar-refractivity contribution < 1.29 is 5.11 Å². The maximum absolute atomic E-state index is 9.97. The number of rotatable bonds is 2. The molecule has 0 radical (unpaired) electrons. The van der Waals surface area contributed by atoms with Crippen molar-refractivity contribution >= 4 is 11.8 Å². The zero-order valence-electron chi connectivity index (χ0n) is 6.84. The Bertz CT molecular complexity index is 173. The molecule has 1 aliphatic rings. The maximum Gasteiger partial charge on any atom is 0.0780 e. The van der Waals surface area contributed by atoms with Gasteiger partial charge < -0.3 is 5.11 Å². The van der Waals surface area contributed by atoms with E-state index in [0.29, 0.717) is 12.3 Å². The molecule has 1 N–H and O–H groups in total. The van der Waals surface area contributed by atoms with E-state index >= 15 is 0 Å². The highest BCUT2D eigenvalue weighted by atomic mass is 32.2. The van der Waals surface area contributed by atoms with Crippen LogP contribution in [0.5, 0.6) is 0 Å². The average Bonchev–Trinajstić information content (AvgIpc) is 2.30. The Labute approximate surface area is 72.6 Å². The van der Waals surface area contributed by atoms with Gasteiger partial charge in [0, 0.05) is 12.2 Å². The van der Waals surface area contributed by atoms with E-state index in [0.717, 1.165) is 17.9 Å². The Morgan fingerprint density at radius 3 is 3.00 bits per heavy atom. The van der Waals surface area contributed by atoms with E-state index in [-0.39, 0.29) is 0 Å². The van der Waals surface area contributed by atoms with Crippen molar-refractivity contribution in [2.75, 3.05) is 11.5 Å². The van der Waals surface area contributed by atoms with Crippen molar-refractivity contribution in [2.24, 2.45) is 5.92 Å². The zero-order valence-corrected chi connectivity index (χ0v) is 7.66. The normalized spacial score (nSPS) is 37.0. The van der Waals surface area contributed by atoms with E-state index in [1.54, 1.807) is 0 Å². The molecular formula is C9H14OS. The predicted octanol–water partition coefficient (Wildman–Crippen LogP) is 1.51. The summed E-state index contributed by atoms with van der Waals surface area (Å²) in [5.74, 6) is 4.90. The summed E-state index contributed by atoms with van der Waals surface area (Å²) in [6.45, 7) is 2.09. The lowest BCUT2D eigenvalue weighted by Crippen LogP contribution is -2.35. The van der Waals surface area contributed by atoms with Crippen LogP contribution in [-0.4, -0.2) is 22.2 Å². The van der Waals surface area contributed by atoms with E-state index in [1.807, 2.05) is 11.8 Å². The van der Waals surface area contributed by atoms with Crippen LogP contribution in [0.1, 0.15) is 19.8 Å². The first-order chi connectivity index (χ1) is 5.19. The summed E-state index contributed by atoms with van der Waals surface area (Å²) < 4.78 is 0. The molecule has 0 aromatic carbocycles. The molecule has 1 saturated heterocycles. The van der Waals surface area contributed by atoms with Gasteiger partial charge in [-0.1, -0.05) is 6.92 Å². The van der Waals surface area contributed by atoms with Crippen LogP contribution in [0, 0.1) is 18.3 Å². The molecule has 11 heavy (non-hydrogen) atoms. The first-order valence-corrected chi connectivity index (χ1v) is 5.08. The second-order valence-electron chi connectivity index (χ2n) is 3.22. The Balaban J connectivity index is 2.45. The highest BCUT2D eigenvalue weighted by molar-refractivity contribution is 7.99. The standard InChI is InChI=1S/C9H14OS/c1-3-4-5-9(10)7-11-6-8(9)2/h1,8,10H,4-7H2,2H3. The van der Waals surface area contributed by atoms with E-state index in [1.165, 1.54) is 0 Å². The lowest BCUT2D eigenvalue weighted by molar-refractivity contribution is 0.0205. The number of aliphatic hydroxyl groups is 1. The van der Waals surface area contributed by atoms with Crippen LogP contribution in [0.3, 0.4) is 0 Å². The van der Waals surface area contributed by atoms with E-state index in [2.05, 4.69) is 12.8 Å². The van der Waals surface area contributed by atoms with Gasteiger partial charge in [0.1, 0.15) is 0 Å². The van der Waals surface area contributed by atoms with Crippen LogP contribution < -0.4 is 0 Å². The van der Waals surface area contributed by atoms with Gasteiger partial charge in [-0.15, -0.1) is 12.3 Å². The van der Waals surface area contributed by atoms with E-state index in [4.69, 9.17) is 6.42 Å². The minimum atomic E-state index is -0.475. The van der Waals surface area contributed by atoms with Gasteiger partial charge in [0.15, 0.2) is 0 Å². The lowest BCUT2D eigenvalue weighted by Gasteiger charge is -2.25. The van der Waals surface area contributed by atoms with Gasteiger partial charge in [0.2, 0.25) is 0 Å². The van der Waals surface area contributed by atoms with E-state index < -0.39 is 5.60 Å².